The zero-order valence-electron chi connectivity index (χ0n) is 15.9. The minimum atomic E-state index is -3.60. The molecule has 0 heterocycles. The summed E-state index contributed by atoms with van der Waals surface area (Å²) in [5.41, 5.74) is 1.13. The number of hydrogen-bond donors (Lipinski definition) is 1. The highest BCUT2D eigenvalue weighted by atomic mass is 32.2. The lowest BCUT2D eigenvalue weighted by molar-refractivity contribution is 0.0503. The maximum atomic E-state index is 12.2. The monoisotopic (exact) mass is 391 g/mol. The molecule has 0 bridgehead atoms. The first-order valence-corrected chi connectivity index (χ1v) is 10.4. The van der Waals surface area contributed by atoms with E-state index in [9.17, 15) is 13.2 Å². The second-order valence-electron chi connectivity index (χ2n) is 7.25. The summed E-state index contributed by atoms with van der Waals surface area (Å²) in [7, 11) is -3.60. The summed E-state index contributed by atoms with van der Waals surface area (Å²) in [4.78, 5) is 12.2. The maximum Gasteiger partial charge on any atom is 0.408 e. The Morgan fingerprint density at radius 2 is 1.74 bits per heavy atom. The van der Waals surface area contributed by atoms with Crippen LogP contribution in [0.15, 0.2) is 54.6 Å². The molecule has 2 aromatic rings. The molecule has 0 saturated carbocycles. The van der Waals surface area contributed by atoms with Gasteiger partial charge in [-0.3, -0.25) is 0 Å². The Labute approximate surface area is 160 Å². The molecule has 27 heavy (non-hydrogen) atoms. The summed E-state index contributed by atoms with van der Waals surface area (Å²) in [5, 5.41) is 2.89. The Bertz CT molecular complexity index is 873. The van der Waals surface area contributed by atoms with E-state index in [-0.39, 0.29) is 11.8 Å². The Morgan fingerprint density at radius 1 is 1.07 bits per heavy atom. The second-order valence-corrected chi connectivity index (χ2v) is 8.82. The number of hydrogen-bond acceptors (Lipinski definition) is 5. The molecular formula is C20H25NO5S. The molecule has 7 heteroatoms. The van der Waals surface area contributed by atoms with E-state index in [0.29, 0.717) is 6.42 Å². The van der Waals surface area contributed by atoms with Gasteiger partial charge in [-0.1, -0.05) is 42.5 Å². The molecule has 0 aliphatic carbocycles. The van der Waals surface area contributed by atoms with Gasteiger partial charge in [0.1, 0.15) is 11.4 Å². The summed E-state index contributed by atoms with van der Waals surface area (Å²) in [5.74, 6) is 0.235. The van der Waals surface area contributed by atoms with E-state index in [2.05, 4.69) is 5.32 Å². The number of benzene rings is 2. The largest absolute Gasteiger partial charge is 0.444 e. The van der Waals surface area contributed by atoms with E-state index >= 15 is 0 Å². The summed E-state index contributed by atoms with van der Waals surface area (Å²) >= 11 is 0. The van der Waals surface area contributed by atoms with E-state index in [1.165, 1.54) is 0 Å². The fourth-order valence-electron chi connectivity index (χ4n) is 2.52. The third kappa shape index (κ3) is 7.70. The van der Waals surface area contributed by atoms with Crippen molar-refractivity contribution in [3.05, 3.63) is 65.7 Å². The normalized spacial score (nSPS) is 12.9. The lowest BCUT2D eigenvalue weighted by atomic mass is 9.99. The van der Waals surface area contributed by atoms with Crippen LogP contribution in [-0.2, 0) is 21.3 Å². The fourth-order valence-corrected chi connectivity index (χ4v) is 2.98. The van der Waals surface area contributed by atoms with Gasteiger partial charge < -0.3 is 14.2 Å². The van der Waals surface area contributed by atoms with E-state index in [4.69, 9.17) is 8.92 Å². The molecule has 0 spiro atoms. The predicted molar refractivity (Wildman–Crippen MR) is 104 cm³/mol. The summed E-state index contributed by atoms with van der Waals surface area (Å²) < 4.78 is 33.0. The van der Waals surface area contributed by atoms with Crippen molar-refractivity contribution in [2.75, 3.05) is 6.26 Å². The van der Waals surface area contributed by atoms with Crippen LogP contribution in [0.5, 0.6) is 5.75 Å². The molecule has 0 saturated heterocycles. The van der Waals surface area contributed by atoms with Gasteiger partial charge in [0, 0.05) is 0 Å². The van der Waals surface area contributed by atoms with Crippen molar-refractivity contribution in [1.29, 1.82) is 0 Å². The Morgan fingerprint density at radius 3 is 2.33 bits per heavy atom. The van der Waals surface area contributed by atoms with Crippen LogP contribution in [0.25, 0.3) is 0 Å². The van der Waals surface area contributed by atoms with Crippen molar-refractivity contribution in [2.24, 2.45) is 0 Å². The fraction of sp³-hybridized carbons (Fsp3) is 0.350. The molecule has 2 aromatic carbocycles. The highest BCUT2D eigenvalue weighted by Gasteiger charge is 2.21. The predicted octanol–water partition coefficient (Wildman–Crippen LogP) is 3.83. The summed E-state index contributed by atoms with van der Waals surface area (Å²) in [6.45, 7) is 5.41. The minimum absolute atomic E-state index is 0.235. The molecular weight excluding hydrogens is 366 g/mol. The highest BCUT2D eigenvalue weighted by Crippen LogP contribution is 2.22. The van der Waals surface area contributed by atoms with E-state index in [0.717, 1.165) is 17.4 Å². The van der Waals surface area contributed by atoms with Crippen molar-refractivity contribution in [3.63, 3.8) is 0 Å². The van der Waals surface area contributed by atoms with Gasteiger partial charge in [-0.05, 0) is 50.5 Å². The van der Waals surface area contributed by atoms with Gasteiger partial charge in [-0.25, -0.2) is 4.79 Å². The smallest absolute Gasteiger partial charge is 0.408 e. The third-order valence-corrected chi connectivity index (χ3v) is 3.97. The molecule has 2 rings (SSSR count). The van der Waals surface area contributed by atoms with E-state index in [1.54, 1.807) is 39.0 Å². The Hall–Kier alpha value is -2.54. The van der Waals surface area contributed by atoms with Gasteiger partial charge in [-0.2, -0.15) is 8.42 Å². The number of ether oxygens (including phenoxy) is 1. The average molecular weight is 391 g/mol. The molecule has 0 aromatic heterocycles. The average Bonchev–Trinajstić information content (AvgIpc) is 2.52. The number of rotatable bonds is 6. The molecule has 1 N–H and O–H groups in total. The van der Waals surface area contributed by atoms with Crippen LogP contribution in [0.4, 0.5) is 4.79 Å². The van der Waals surface area contributed by atoms with Gasteiger partial charge in [-0.15, -0.1) is 0 Å². The van der Waals surface area contributed by atoms with E-state index < -0.39 is 21.8 Å². The van der Waals surface area contributed by atoms with Gasteiger partial charge in [0.15, 0.2) is 0 Å². The lowest BCUT2D eigenvalue weighted by Gasteiger charge is -2.24. The zero-order chi connectivity index (χ0) is 20.1. The molecule has 1 unspecified atom stereocenters. The van der Waals surface area contributed by atoms with Crippen molar-refractivity contribution in [3.8, 4) is 5.75 Å². The number of nitrogens with one attached hydrogen (secondary N) is 1. The number of carbonyl (C=O) groups is 1. The maximum absolute atomic E-state index is 12.2. The van der Waals surface area contributed by atoms with Crippen molar-refractivity contribution in [1.82, 2.24) is 5.32 Å². The first kappa shape index (κ1) is 20.8. The van der Waals surface area contributed by atoms with Gasteiger partial charge in [0.25, 0.3) is 0 Å². The van der Waals surface area contributed by atoms with Gasteiger partial charge in [0.05, 0.1) is 12.3 Å². The first-order valence-electron chi connectivity index (χ1n) is 8.55. The summed E-state index contributed by atoms with van der Waals surface area (Å²) in [6, 6.07) is 16.0. The topological polar surface area (TPSA) is 81.7 Å². The standard InChI is InChI=1S/C20H25NO5S/c1-20(2,3)25-19(22)21-18(16-10-6-5-7-11-16)14-15-9-8-12-17(13-15)26-27(4,23)24/h5-13,18H,14H2,1-4H3,(H,21,22). The first-order chi connectivity index (χ1) is 12.5. The zero-order valence-corrected chi connectivity index (χ0v) is 16.7. The molecule has 0 aliphatic rings. The lowest BCUT2D eigenvalue weighted by Crippen LogP contribution is -2.35. The van der Waals surface area contributed by atoms with Crippen molar-refractivity contribution in [2.45, 2.75) is 38.8 Å². The molecule has 0 aliphatic heterocycles. The van der Waals surface area contributed by atoms with Crippen molar-refractivity contribution >= 4 is 16.2 Å². The number of alkyl carbamates (subject to hydrolysis) is 1. The Balaban J connectivity index is 2.22. The minimum Gasteiger partial charge on any atom is -0.444 e. The van der Waals surface area contributed by atoms with Crippen LogP contribution in [-0.4, -0.2) is 26.4 Å². The molecule has 6 nitrogen and oxygen atoms in total. The third-order valence-electron chi connectivity index (χ3n) is 3.48. The molecule has 146 valence electrons. The highest BCUT2D eigenvalue weighted by molar-refractivity contribution is 7.86. The molecule has 0 radical (unpaired) electrons. The SMILES string of the molecule is CC(C)(C)OC(=O)NC(Cc1cccc(OS(C)(=O)=O)c1)c1ccccc1. The van der Waals surface area contributed by atoms with Crippen LogP contribution >= 0.6 is 0 Å². The quantitative estimate of drug-likeness (QED) is 0.757. The molecule has 1 atom stereocenters. The Kier molecular flexibility index (Phi) is 6.49. The van der Waals surface area contributed by atoms with E-state index in [1.807, 2.05) is 36.4 Å². The van der Waals surface area contributed by atoms with Gasteiger partial charge >= 0.3 is 16.2 Å². The van der Waals surface area contributed by atoms with Crippen LogP contribution in [0, 0.1) is 0 Å². The molecule has 1 amide bonds. The second kappa shape index (κ2) is 8.43. The summed E-state index contributed by atoms with van der Waals surface area (Å²) in [6.07, 6.45) is 0.931. The van der Waals surface area contributed by atoms with Crippen molar-refractivity contribution < 1.29 is 22.1 Å². The van der Waals surface area contributed by atoms with Crippen LogP contribution < -0.4 is 9.50 Å². The van der Waals surface area contributed by atoms with Crippen LogP contribution in [0.1, 0.15) is 37.9 Å². The van der Waals surface area contributed by atoms with Crippen LogP contribution in [0.3, 0.4) is 0 Å². The molecule has 0 fully saturated rings. The number of carbonyl (C=O) groups excluding carboxylic acids is 1. The van der Waals surface area contributed by atoms with Gasteiger partial charge in [0.2, 0.25) is 0 Å². The van der Waals surface area contributed by atoms with Crippen LogP contribution in [0.2, 0.25) is 0 Å². The number of amides is 1.